The van der Waals surface area contributed by atoms with Gasteiger partial charge in [-0.2, -0.15) is 0 Å². The maximum absolute atomic E-state index is 14.2. The molecular weight excluding hydrogens is 411 g/mol. The highest BCUT2D eigenvalue weighted by atomic mass is 35.5. The SMILES string of the molecule is C=CCn1c(SCc2coc(-c3cccc(Cl)c3)n2)nnc1-c1ccccc1F. The molecule has 8 heteroatoms. The van der Waals surface area contributed by atoms with Crippen molar-refractivity contribution < 1.29 is 8.81 Å². The molecule has 0 atom stereocenters. The Morgan fingerprint density at radius 2 is 2.03 bits per heavy atom. The van der Waals surface area contributed by atoms with Crippen LogP contribution in [-0.2, 0) is 12.3 Å². The molecule has 0 N–H and O–H groups in total. The summed E-state index contributed by atoms with van der Waals surface area (Å²) in [5.74, 6) is 1.15. The average molecular weight is 427 g/mol. The van der Waals surface area contributed by atoms with E-state index < -0.39 is 0 Å². The smallest absolute Gasteiger partial charge is 0.226 e. The van der Waals surface area contributed by atoms with Crippen LogP contribution >= 0.6 is 23.4 Å². The molecule has 4 aromatic rings. The minimum absolute atomic E-state index is 0.343. The first-order valence-electron chi connectivity index (χ1n) is 8.78. The Labute approximate surface area is 176 Å². The summed E-state index contributed by atoms with van der Waals surface area (Å²) in [6.07, 6.45) is 3.33. The molecule has 0 aliphatic heterocycles. The number of thioether (sulfide) groups is 1. The zero-order valence-electron chi connectivity index (χ0n) is 15.3. The number of oxazole rings is 1. The van der Waals surface area contributed by atoms with Crippen molar-refractivity contribution in [3.8, 4) is 22.8 Å². The second-order valence-corrected chi connectivity index (χ2v) is 7.51. The first-order valence-corrected chi connectivity index (χ1v) is 10.1. The van der Waals surface area contributed by atoms with Crippen molar-refractivity contribution in [1.82, 2.24) is 19.7 Å². The molecule has 0 fully saturated rings. The van der Waals surface area contributed by atoms with E-state index in [0.717, 1.165) is 11.3 Å². The van der Waals surface area contributed by atoms with E-state index >= 15 is 0 Å². The van der Waals surface area contributed by atoms with Crippen molar-refractivity contribution in [2.75, 3.05) is 0 Å². The molecule has 2 aromatic heterocycles. The van der Waals surface area contributed by atoms with Gasteiger partial charge in [-0.3, -0.25) is 4.57 Å². The lowest BCUT2D eigenvalue weighted by molar-refractivity contribution is 0.573. The molecule has 0 aliphatic rings. The number of hydrogen-bond acceptors (Lipinski definition) is 5. The normalized spacial score (nSPS) is 11.0. The maximum Gasteiger partial charge on any atom is 0.226 e. The molecule has 0 bridgehead atoms. The van der Waals surface area contributed by atoms with E-state index in [2.05, 4.69) is 21.8 Å². The van der Waals surface area contributed by atoms with Crippen LogP contribution in [0.5, 0.6) is 0 Å². The van der Waals surface area contributed by atoms with Gasteiger partial charge >= 0.3 is 0 Å². The molecular formula is C21H16ClFN4OS. The monoisotopic (exact) mass is 426 g/mol. The number of aromatic nitrogens is 4. The van der Waals surface area contributed by atoms with Crippen LogP contribution in [0.4, 0.5) is 4.39 Å². The molecule has 29 heavy (non-hydrogen) atoms. The van der Waals surface area contributed by atoms with Crippen LogP contribution in [0, 0.1) is 5.82 Å². The van der Waals surface area contributed by atoms with Crippen LogP contribution < -0.4 is 0 Å². The third-order valence-electron chi connectivity index (χ3n) is 4.12. The van der Waals surface area contributed by atoms with Crippen LogP contribution in [-0.4, -0.2) is 19.7 Å². The highest BCUT2D eigenvalue weighted by Crippen LogP contribution is 2.29. The molecule has 2 aromatic carbocycles. The first-order chi connectivity index (χ1) is 14.2. The quantitative estimate of drug-likeness (QED) is 0.273. The number of halogens is 2. The Bertz CT molecular complexity index is 1160. The second-order valence-electron chi connectivity index (χ2n) is 6.13. The van der Waals surface area contributed by atoms with Gasteiger partial charge in [0, 0.05) is 22.9 Å². The average Bonchev–Trinajstić information content (AvgIpc) is 3.35. The van der Waals surface area contributed by atoms with E-state index in [1.807, 2.05) is 16.7 Å². The molecule has 0 spiro atoms. The zero-order valence-corrected chi connectivity index (χ0v) is 16.8. The Balaban J connectivity index is 1.55. The predicted octanol–water partition coefficient (Wildman–Crippen LogP) is 5.87. The topological polar surface area (TPSA) is 56.7 Å². The Morgan fingerprint density at radius 3 is 2.83 bits per heavy atom. The van der Waals surface area contributed by atoms with E-state index in [1.54, 1.807) is 42.7 Å². The van der Waals surface area contributed by atoms with E-state index in [0.29, 0.717) is 39.8 Å². The van der Waals surface area contributed by atoms with Crippen molar-refractivity contribution in [3.05, 3.63) is 84.0 Å². The molecule has 0 aliphatic carbocycles. The van der Waals surface area contributed by atoms with Gasteiger partial charge in [-0.05, 0) is 30.3 Å². The van der Waals surface area contributed by atoms with Gasteiger partial charge in [0.25, 0.3) is 0 Å². The van der Waals surface area contributed by atoms with Crippen LogP contribution in [0.15, 0.2) is 77.0 Å². The standard InChI is InChI=1S/C21H16ClFN4OS/c1-2-10-27-19(17-8-3-4-9-18(17)23)25-26-21(27)29-13-16-12-28-20(24-16)14-6-5-7-15(22)11-14/h2-9,11-12H,1,10,13H2. The van der Waals surface area contributed by atoms with E-state index in [9.17, 15) is 4.39 Å². The van der Waals surface area contributed by atoms with E-state index in [-0.39, 0.29) is 5.82 Å². The highest BCUT2D eigenvalue weighted by Gasteiger charge is 2.17. The lowest BCUT2D eigenvalue weighted by Gasteiger charge is -2.07. The minimum Gasteiger partial charge on any atom is -0.444 e. The Hall–Kier alpha value is -2.90. The summed E-state index contributed by atoms with van der Waals surface area (Å²) in [4.78, 5) is 4.51. The fraction of sp³-hybridized carbons (Fsp3) is 0.0952. The third-order valence-corrected chi connectivity index (χ3v) is 5.35. The first kappa shape index (κ1) is 19.4. The summed E-state index contributed by atoms with van der Waals surface area (Å²) in [6.45, 7) is 4.24. The molecule has 0 amide bonds. The van der Waals surface area contributed by atoms with E-state index in [4.69, 9.17) is 16.0 Å². The molecule has 0 saturated carbocycles. The van der Waals surface area contributed by atoms with Crippen molar-refractivity contribution >= 4 is 23.4 Å². The van der Waals surface area contributed by atoms with Crippen molar-refractivity contribution in [1.29, 1.82) is 0 Å². The van der Waals surface area contributed by atoms with E-state index in [1.165, 1.54) is 17.8 Å². The molecule has 5 nitrogen and oxygen atoms in total. The van der Waals surface area contributed by atoms with Crippen LogP contribution in [0.1, 0.15) is 5.69 Å². The second kappa shape index (κ2) is 8.63. The van der Waals surface area contributed by atoms with Crippen LogP contribution in [0.2, 0.25) is 5.02 Å². The predicted molar refractivity (Wildman–Crippen MR) is 112 cm³/mol. The fourth-order valence-electron chi connectivity index (χ4n) is 2.80. The van der Waals surface area contributed by atoms with Gasteiger partial charge in [-0.25, -0.2) is 9.37 Å². The number of nitrogens with zero attached hydrogens (tertiary/aromatic N) is 4. The molecule has 0 saturated heterocycles. The van der Waals surface area contributed by atoms with Gasteiger partial charge in [-0.1, -0.05) is 47.6 Å². The summed E-state index contributed by atoms with van der Waals surface area (Å²) < 4.78 is 21.6. The summed E-state index contributed by atoms with van der Waals surface area (Å²) in [6, 6.07) is 13.8. The van der Waals surface area contributed by atoms with Crippen LogP contribution in [0.25, 0.3) is 22.8 Å². The minimum atomic E-state index is -0.343. The molecule has 0 unspecified atom stereocenters. The molecule has 4 rings (SSSR count). The molecule has 2 heterocycles. The zero-order chi connectivity index (χ0) is 20.2. The summed E-state index contributed by atoms with van der Waals surface area (Å²) >= 11 is 7.47. The number of allylic oxidation sites excluding steroid dienone is 1. The number of benzene rings is 2. The van der Waals surface area contributed by atoms with Crippen molar-refractivity contribution in [3.63, 3.8) is 0 Å². The fourth-order valence-corrected chi connectivity index (χ4v) is 3.81. The summed E-state index contributed by atoms with van der Waals surface area (Å²) in [5.41, 5.74) is 1.97. The lowest BCUT2D eigenvalue weighted by atomic mass is 10.2. The van der Waals surface area contributed by atoms with Gasteiger partial charge in [0.2, 0.25) is 5.89 Å². The third kappa shape index (κ3) is 4.26. The van der Waals surface area contributed by atoms with Crippen LogP contribution in [0.3, 0.4) is 0 Å². The largest absolute Gasteiger partial charge is 0.444 e. The Kier molecular flexibility index (Phi) is 5.78. The van der Waals surface area contributed by atoms with Gasteiger partial charge in [-0.15, -0.1) is 16.8 Å². The van der Waals surface area contributed by atoms with Crippen molar-refractivity contribution in [2.24, 2.45) is 0 Å². The van der Waals surface area contributed by atoms with Gasteiger partial charge in [0.15, 0.2) is 11.0 Å². The Morgan fingerprint density at radius 1 is 1.17 bits per heavy atom. The van der Waals surface area contributed by atoms with Gasteiger partial charge in [0.1, 0.15) is 12.1 Å². The maximum atomic E-state index is 14.2. The number of rotatable bonds is 7. The number of hydrogen-bond donors (Lipinski definition) is 0. The molecule has 146 valence electrons. The molecule has 0 radical (unpaired) electrons. The van der Waals surface area contributed by atoms with Crippen molar-refractivity contribution in [2.45, 2.75) is 17.5 Å². The summed E-state index contributed by atoms with van der Waals surface area (Å²) in [7, 11) is 0. The van der Waals surface area contributed by atoms with Gasteiger partial charge in [0.05, 0.1) is 11.3 Å². The summed E-state index contributed by atoms with van der Waals surface area (Å²) in [5, 5.41) is 9.68. The highest BCUT2D eigenvalue weighted by molar-refractivity contribution is 7.98. The van der Waals surface area contributed by atoms with Gasteiger partial charge < -0.3 is 4.42 Å². The lowest BCUT2D eigenvalue weighted by Crippen LogP contribution is -2.01.